The summed E-state index contributed by atoms with van der Waals surface area (Å²) in [4.78, 5) is 35.0. The maximum Gasteiger partial charge on any atom is 0.238 e. The minimum absolute atomic E-state index is 0.00511. The summed E-state index contributed by atoms with van der Waals surface area (Å²) in [6.45, 7) is 0. The molecule has 5 nitrogen and oxygen atoms in total. The topological polar surface area (TPSA) is 72.0 Å². The Kier molecular flexibility index (Phi) is 6.19. The predicted molar refractivity (Wildman–Crippen MR) is 132 cm³/mol. The van der Waals surface area contributed by atoms with Crippen LogP contribution in [0.1, 0.15) is 51.0 Å². The predicted octanol–water partition coefficient (Wildman–Crippen LogP) is 5.81. The first-order chi connectivity index (χ1) is 16.6. The Morgan fingerprint density at radius 1 is 0.882 bits per heavy atom. The third-order valence-electron chi connectivity index (χ3n) is 6.14. The molecule has 6 heteroatoms. The summed E-state index contributed by atoms with van der Waals surface area (Å²) in [5.74, 6) is -0.521. The second kappa shape index (κ2) is 9.57. The Bertz CT molecular complexity index is 1290. The van der Waals surface area contributed by atoms with E-state index in [9.17, 15) is 9.59 Å². The van der Waals surface area contributed by atoms with Crippen LogP contribution >= 0.6 is 11.6 Å². The fourth-order valence-electron chi connectivity index (χ4n) is 4.44. The Balaban J connectivity index is 1.42. The highest BCUT2D eigenvalue weighted by Gasteiger charge is 2.29. The minimum Gasteiger partial charge on any atom is -0.294 e. The van der Waals surface area contributed by atoms with Crippen LogP contribution in [0.4, 0.5) is 5.95 Å². The largest absolute Gasteiger partial charge is 0.294 e. The summed E-state index contributed by atoms with van der Waals surface area (Å²) < 4.78 is 0. The number of Topliss-reactive ketones (excluding diaryl/α,β-unsaturated/α-hetero) is 1. The summed E-state index contributed by atoms with van der Waals surface area (Å²) in [6, 6.07) is 26.8. The lowest BCUT2D eigenvalue weighted by Gasteiger charge is -2.23. The van der Waals surface area contributed by atoms with E-state index in [0.29, 0.717) is 29.1 Å². The lowest BCUT2D eigenvalue weighted by molar-refractivity contribution is -0.116. The van der Waals surface area contributed by atoms with Gasteiger partial charge in [0.1, 0.15) is 0 Å². The molecule has 1 N–H and O–H groups in total. The van der Waals surface area contributed by atoms with Crippen molar-refractivity contribution in [2.24, 2.45) is 0 Å². The smallest absolute Gasteiger partial charge is 0.238 e. The van der Waals surface area contributed by atoms with E-state index in [2.05, 4.69) is 15.3 Å². The number of benzene rings is 3. The lowest BCUT2D eigenvalue weighted by Crippen LogP contribution is -2.25. The van der Waals surface area contributed by atoms with E-state index in [0.717, 1.165) is 16.7 Å². The first-order valence-corrected chi connectivity index (χ1v) is 11.5. The van der Waals surface area contributed by atoms with Crippen molar-refractivity contribution in [3.8, 4) is 0 Å². The zero-order chi connectivity index (χ0) is 23.5. The number of rotatable bonds is 5. The van der Waals surface area contributed by atoms with Crippen LogP contribution in [0.15, 0.2) is 91.1 Å². The first kappa shape index (κ1) is 22.0. The molecular formula is C28H22ClN3O2. The number of fused-ring (bicyclic) bond motifs is 1. The third-order valence-corrected chi connectivity index (χ3v) is 6.40. The maximum atomic E-state index is 13.4. The summed E-state index contributed by atoms with van der Waals surface area (Å²) in [5, 5.41) is 3.53. The average Bonchev–Trinajstić information content (AvgIpc) is 2.86. The van der Waals surface area contributed by atoms with Crippen LogP contribution in [0.5, 0.6) is 0 Å². The van der Waals surface area contributed by atoms with Crippen molar-refractivity contribution >= 4 is 29.2 Å². The van der Waals surface area contributed by atoms with Crippen LogP contribution < -0.4 is 5.32 Å². The van der Waals surface area contributed by atoms with Crippen LogP contribution in [0.2, 0.25) is 5.02 Å². The van der Waals surface area contributed by atoms with Gasteiger partial charge in [0.05, 0.1) is 17.2 Å². The molecule has 0 saturated heterocycles. The van der Waals surface area contributed by atoms with E-state index < -0.39 is 5.92 Å². The van der Waals surface area contributed by atoms with Crippen molar-refractivity contribution in [3.63, 3.8) is 0 Å². The first-order valence-electron chi connectivity index (χ1n) is 11.1. The SMILES string of the molecule is O=C1C[C@H](c2ccc(Cl)cc2)Cc2nc(NC(=O)C(c3ccccc3)c3ccccc3)ncc21. The van der Waals surface area contributed by atoms with Gasteiger partial charge in [-0.2, -0.15) is 0 Å². The Morgan fingerprint density at radius 2 is 1.50 bits per heavy atom. The zero-order valence-corrected chi connectivity index (χ0v) is 19.1. The molecule has 0 saturated carbocycles. The zero-order valence-electron chi connectivity index (χ0n) is 18.3. The van der Waals surface area contributed by atoms with Gasteiger partial charge in [-0.25, -0.2) is 9.97 Å². The number of hydrogen-bond donors (Lipinski definition) is 1. The molecule has 3 aromatic carbocycles. The summed E-state index contributed by atoms with van der Waals surface area (Å²) >= 11 is 6.02. The highest BCUT2D eigenvalue weighted by molar-refractivity contribution is 6.30. The van der Waals surface area contributed by atoms with Crippen molar-refractivity contribution in [1.82, 2.24) is 9.97 Å². The van der Waals surface area contributed by atoms with Crippen LogP contribution in [0, 0.1) is 0 Å². The number of carbonyl (C=O) groups is 2. The number of anilines is 1. The van der Waals surface area contributed by atoms with Crippen LogP contribution in [0.3, 0.4) is 0 Å². The number of hydrogen-bond acceptors (Lipinski definition) is 4. The molecule has 1 heterocycles. The number of halogens is 1. The number of ketones is 1. The molecule has 34 heavy (non-hydrogen) atoms. The van der Waals surface area contributed by atoms with Gasteiger partial charge in [0.15, 0.2) is 5.78 Å². The molecule has 1 aliphatic rings. The number of carbonyl (C=O) groups excluding carboxylic acids is 2. The Morgan fingerprint density at radius 3 is 2.12 bits per heavy atom. The van der Waals surface area contributed by atoms with Crippen molar-refractivity contribution in [3.05, 3.63) is 124 Å². The quantitative estimate of drug-likeness (QED) is 0.402. The highest BCUT2D eigenvalue weighted by Crippen LogP contribution is 2.33. The highest BCUT2D eigenvalue weighted by atomic mass is 35.5. The molecule has 5 rings (SSSR count). The normalized spacial score (nSPS) is 15.1. The van der Waals surface area contributed by atoms with E-state index in [4.69, 9.17) is 11.6 Å². The molecule has 0 unspecified atom stereocenters. The Labute approximate surface area is 202 Å². The molecule has 1 aliphatic carbocycles. The lowest BCUT2D eigenvalue weighted by atomic mass is 9.82. The second-order valence-electron chi connectivity index (χ2n) is 8.38. The fourth-order valence-corrected chi connectivity index (χ4v) is 4.57. The van der Waals surface area contributed by atoms with Crippen molar-refractivity contribution in [2.45, 2.75) is 24.7 Å². The van der Waals surface area contributed by atoms with E-state index in [-0.39, 0.29) is 23.6 Å². The molecule has 0 spiro atoms. The van der Waals surface area contributed by atoms with Crippen LogP contribution in [-0.4, -0.2) is 21.7 Å². The minimum atomic E-state index is -0.509. The van der Waals surface area contributed by atoms with Gasteiger partial charge in [-0.1, -0.05) is 84.4 Å². The number of nitrogens with one attached hydrogen (secondary N) is 1. The molecule has 0 bridgehead atoms. The fraction of sp³-hybridized carbons (Fsp3) is 0.143. The van der Waals surface area contributed by atoms with E-state index in [1.165, 1.54) is 6.20 Å². The molecule has 1 aromatic heterocycles. The molecule has 0 radical (unpaired) electrons. The second-order valence-corrected chi connectivity index (χ2v) is 8.81. The maximum absolute atomic E-state index is 13.4. The van der Waals surface area contributed by atoms with Gasteiger partial charge in [-0.3, -0.25) is 14.9 Å². The van der Waals surface area contributed by atoms with Gasteiger partial charge in [0.25, 0.3) is 0 Å². The molecule has 4 aromatic rings. The van der Waals surface area contributed by atoms with E-state index in [1.807, 2.05) is 84.9 Å². The average molecular weight is 468 g/mol. The number of amides is 1. The number of nitrogens with zero attached hydrogens (tertiary/aromatic N) is 2. The van der Waals surface area contributed by atoms with Crippen molar-refractivity contribution in [1.29, 1.82) is 0 Å². The van der Waals surface area contributed by atoms with Gasteiger partial charge in [-0.05, 0) is 41.2 Å². The molecule has 1 atom stereocenters. The summed E-state index contributed by atoms with van der Waals surface area (Å²) in [5.41, 5.74) is 3.97. The van der Waals surface area contributed by atoms with Gasteiger partial charge in [0.2, 0.25) is 11.9 Å². The molecular weight excluding hydrogens is 446 g/mol. The Hall–Kier alpha value is -3.83. The monoisotopic (exact) mass is 467 g/mol. The standard InChI is InChI=1S/C28H22ClN3O2/c29-22-13-11-18(12-14-22)21-15-24-23(25(33)16-21)17-30-28(31-24)32-27(34)26(19-7-3-1-4-8-19)20-9-5-2-6-10-20/h1-14,17,21,26H,15-16H2,(H,30,31,32,34)/t21-/m1/s1. The van der Waals surface area contributed by atoms with E-state index in [1.54, 1.807) is 0 Å². The van der Waals surface area contributed by atoms with Gasteiger partial charge < -0.3 is 0 Å². The summed E-state index contributed by atoms with van der Waals surface area (Å²) in [7, 11) is 0. The van der Waals surface area contributed by atoms with Gasteiger partial charge in [0, 0.05) is 17.6 Å². The van der Waals surface area contributed by atoms with Gasteiger partial charge in [-0.15, -0.1) is 0 Å². The van der Waals surface area contributed by atoms with Crippen molar-refractivity contribution in [2.75, 3.05) is 5.32 Å². The number of aromatic nitrogens is 2. The van der Waals surface area contributed by atoms with E-state index >= 15 is 0 Å². The van der Waals surface area contributed by atoms with Crippen LogP contribution in [0.25, 0.3) is 0 Å². The van der Waals surface area contributed by atoms with Gasteiger partial charge >= 0.3 is 0 Å². The van der Waals surface area contributed by atoms with Crippen molar-refractivity contribution < 1.29 is 9.59 Å². The summed E-state index contributed by atoms with van der Waals surface area (Å²) in [6.07, 6.45) is 2.51. The third kappa shape index (κ3) is 4.61. The molecule has 0 fully saturated rings. The molecule has 168 valence electrons. The van der Waals surface area contributed by atoms with Crippen LogP contribution in [-0.2, 0) is 11.2 Å². The molecule has 1 amide bonds. The molecule has 0 aliphatic heterocycles.